The predicted octanol–water partition coefficient (Wildman–Crippen LogP) is 2.83. The van der Waals surface area contributed by atoms with Crippen molar-refractivity contribution in [2.45, 2.75) is 56.9 Å². The van der Waals surface area contributed by atoms with Crippen LogP contribution in [0.25, 0.3) is 0 Å². The van der Waals surface area contributed by atoms with Crippen LogP contribution in [0.15, 0.2) is 4.42 Å². The summed E-state index contributed by atoms with van der Waals surface area (Å²) >= 11 is 1.93. The molecule has 1 aliphatic rings. The Morgan fingerprint density at radius 3 is 2.89 bits per heavy atom. The summed E-state index contributed by atoms with van der Waals surface area (Å²) in [5, 5.41) is 15.5. The summed E-state index contributed by atoms with van der Waals surface area (Å²) in [6.07, 6.45) is 7.25. The third-order valence-electron chi connectivity index (χ3n) is 3.64. The largest absolute Gasteiger partial charge is 0.406 e. The van der Waals surface area contributed by atoms with Crippen LogP contribution in [0.1, 0.15) is 51.5 Å². The normalized spacial score (nSPS) is 25.2. The minimum Gasteiger partial charge on any atom is -0.406 e. The fourth-order valence-electron chi connectivity index (χ4n) is 2.56. The Kier molecular flexibility index (Phi) is 5.51. The summed E-state index contributed by atoms with van der Waals surface area (Å²) in [7, 11) is 0. The molecule has 2 rings (SSSR count). The maximum atomic E-state index is 5.69. The van der Waals surface area contributed by atoms with Gasteiger partial charge < -0.3 is 15.1 Å². The van der Waals surface area contributed by atoms with Crippen LogP contribution in [0.5, 0.6) is 0 Å². The second-order valence-corrected chi connectivity index (χ2v) is 6.11. The van der Waals surface area contributed by atoms with E-state index in [4.69, 9.17) is 4.42 Å². The molecule has 19 heavy (non-hydrogen) atoms. The average molecular weight is 284 g/mol. The number of nitrogens with one attached hydrogen (secondary N) is 2. The van der Waals surface area contributed by atoms with Crippen LogP contribution in [0.3, 0.4) is 0 Å². The minimum absolute atomic E-state index is 0.107. The zero-order chi connectivity index (χ0) is 13.7. The molecule has 0 aromatic carbocycles. The van der Waals surface area contributed by atoms with Crippen molar-refractivity contribution < 1.29 is 4.42 Å². The molecule has 108 valence electrons. The number of rotatable bonds is 6. The average Bonchev–Trinajstić information content (AvgIpc) is 2.88. The van der Waals surface area contributed by atoms with Gasteiger partial charge in [-0.05, 0) is 32.6 Å². The summed E-state index contributed by atoms with van der Waals surface area (Å²) in [4.78, 5) is 0. The van der Waals surface area contributed by atoms with Crippen molar-refractivity contribution >= 4 is 17.8 Å². The third kappa shape index (κ3) is 3.86. The molecule has 1 fully saturated rings. The second kappa shape index (κ2) is 7.14. The molecule has 0 radical (unpaired) electrons. The lowest BCUT2D eigenvalue weighted by Gasteiger charge is -2.30. The fraction of sp³-hybridized carbons (Fsp3) is 0.846. The molecule has 2 N–H and O–H groups in total. The molecule has 0 bridgehead atoms. The number of thioether (sulfide) groups is 1. The first-order valence-corrected chi connectivity index (χ1v) is 8.39. The van der Waals surface area contributed by atoms with Crippen LogP contribution in [0.2, 0.25) is 0 Å². The lowest BCUT2D eigenvalue weighted by atomic mass is 9.95. The molecule has 0 spiro atoms. The van der Waals surface area contributed by atoms with E-state index in [1.54, 1.807) is 0 Å². The first-order chi connectivity index (χ1) is 9.24. The van der Waals surface area contributed by atoms with Gasteiger partial charge in [-0.2, -0.15) is 11.8 Å². The van der Waals surface area contributed by atoms with E-state index in [9.17, 15) is 0 Å². The number of nitrogens with zero attached hydrogens (tertiary/aromatic N) is 2. The van der Waals surface area contributed by atoms with E-state index in [1.165, 1.54) is 25.7 Å². The van der Waals surface area contributed by atoms with E-state index in [1.807, 2.05) is 18.7 Å². The van der Waals surface area contributed by atoms with Crippen LogP contribution in [0.4, 0.5) is 6.01 Å². The van der Waals surface area contributed by atoms with Gasteiger partial charge in [0.05, 0.1) is 6.04 Å². The Balaban J connectivity index is 1.95. The SMILES string of the molecule is CCNC(C)c1nnc(NC2CCCCC2SC)o1. The highest BCUT2D eigenvalue weighted by Gasteiger charge is 2.26. The van der Waals surface area contributed by atoms with Crippen molar-refractivity contribution in [3.63, 3.8) is 0 Å². The number of hydrogen-bond acceptors (Lipinski definition) is 6. The van der Waals surface area contributed by atoms with Crippen molar-refractivity contribution in [3.8, 4) is 0 Å². The third-order valence-corrected chi connectivity index (χ3v) is 4.81. The van der Waals surface area contributed by atoms with E-state index in [2.05, 4.69) is 34.0 Å². The monoisotopic (exact) mass is 284 g/mol. The van der Waals surface area contributed by atoms with Crippen molar-refractivity contribution in [3.05, 3.63) is 5.89 Å². The topological polar surface area (TPSA) is 63.0 Å². The summed E-state index contributed by atoms with van der Waals surface area (Å²) < 4.78 is 5.69. The Morgan fingerprint density at radius 1 is 1.37 bits per heavy atom. The molecule has 0 amide bonds. The Labute approximate surface area is 119 Å². The molecule has 1 saturated carbocycles. The molecule has 1 aromatic rings. The highest BCUT2D eigenvalue weighted by molar-refractivity contribution is 7.99. The number of hydrogen-bond donors (Lipinski definition) is 2. The lowest BCUT2D eigenvalue weighted by Crippen LogP contribution is -2.34. The Hall–Kier alpha value is -0.750. The van der Waals surface area contributed by atoms with Gasteiger partial charge in [-0.25, -0.2) is 0 Å². The Morgan fingerprint density at radius 2 is 2.16 bits per heavy atom. The highest BCUT2D eigenvalue weighted by Crippen LogP contribution is 2.29. The van der Waals surface area contributed by atoms with Gasteiger partial charge in [-0.3, -0.25) is 0 Å². The molecule has 3 unspecified atom stereocenters. The molecule has 5 nitrogen and oxygen atoms in total. The molecular weight excluding hydrogens is 260 g/mol. The molecule has 1 aliphatic carbocycles. The summed E-state index contributed by atoms with van der Waals surface area (Å²) in [6.45, 7) is 4.99. The van der Waals surface area contributed by atoms with Crippen LogP contribution < -0.4 is 10.6 Å². The quantitative estimate of drug-likeness (QED) is 0.837. The van der Waals surface area contributed by atoms with Crippen molar-refractivity contribution in [2.75, 3.05) is 18.1 Å². The first-order valence-electron chi connectivity index (χ1n) is 7.10. The van der Waals surface area contributed by atoms with Crippen molar-refractivity contribution in [2.24, 2.45) is 0 Å². The van der Waals surface area contributed by atoms with E-state index < -0.39 is 0 Å². The lowest BCUT2D eigenvalue weighted by molar-refractivity contribution is 0.416. The van der Waals surface area contributed by atoms with Crippen molar-refractivity contribution in [1.82, 2.24) is 15.5 Å². The van der Waals surface area contributed by atoms with Crippen LogP contribution >= 0.6 is 11.8 Å². The van der Waals surface area contributed by atoms with Gasteiger partial charge in [0.2, 0.25) is 5.89 Å². The molecule has 3 atom stereocenters. The van der Waals surface area contributed by atoms with E-state index in [0.717, 1.165) is 6.54 Å². The number of anilines is 1. The van der Waals surface area contributed by atoms with Gasteiger partial charge in [0.25, 0.3) is 0 Å². The minimum atomic E-state index is 0.107. The van der Waals surface area contributed by atoms with Gasteiger partial charge in [0.15, 0.2) is 0 Å². The predicted molar refractivity (Wildman–Crippen MR) is 79.6 cm³/mol. The maximum Gasteiger partial charge on any atom is 0.315 e. The van der Waals surface area contributed by atoms with E-state index >= 15 is 0 Å². The molecule has 0 aliphatic heterocycles. The smallest absolute Gasteiger partial charge is 0.315 e. The van der Waals surface area contributed by atoms with E-state index in [-0.39, 0.29) is 6.04 Å². The van der Waals surface area contributed by atoms with E-state index in [0.29, 0.717) is 23.2 Å². The van der Waals surface area contributed by atoms with Crippen LogP contribution in [0, 0.1) is 0 Å². The van der Waals surface area contributed by atoms with Crippen molar-refractivity contribution in [1.29, 1.82) is 0 Å². The zero-order valence-electron chi connectivity index (χ0n) is 12.0. The van der Waals surface area contributed by atoms with Gasteiger partial charge in [0, 0.05) is 11.3 Å². The first kappa shape index (κ1) is 14.7. The highest BCUT2D eigenvalue weighted by atomic mass is 32.2. The van der Waals surface area contributed by atoms with Gasteiger partial charge >= 0.3 is 6.01 Å². The molecule has 0 saturated heterocycles. The fourth-order valence-corrected chi connectivity index (χ4v) is 3.50. The molecule has 6 heteroatoms. The zero-order valence-corrected chi connectivity index (χ0v) is 12.8. The Bertz CT molecular complexity index is 384. The number of aromatic nitrogens is 2. The molecule has 1 aromatic heterocycles. The van der Waals surface area contributed by atoms with Crippen LogP contribution in [-0.4, -0.2) is 34.3 Å². The van der Waals surface area contributed by atoms with Gasteiger partial charge in [-0.1, -0.05) is 24.9 Å². The standard InChI is InChI=1S/C13H24N4OS/c1-4-14-9(2)12-16-17-13(18-12)15-10-7-5-6-8-11(10)19-3/h9-11,14H,4-8H2,1-3H3,(H,15,17). The molecular formula is C13H24N4OS. The van der Waals surface area contributed by atoms with Gasteiger partial charge in [0.1, 0.15) is 0 Å². The van der Waals surface area contributed by atoms with Gasteiger partial charge in [-0.15, -0.1) is 5.10 Å². The van der Waals surface area contributed by atoms with Crippen LogP contribution in [-0.2, 0) is 0 Å². The second-order valence-electron chi connectivity index (χ2n) is 5.03. The maximum absolute atomic E-state index is 5.69. The summed E-state index contributed by atoms with van der Waals surface area (Å²) in [6, 6.07) is 1.12. The summed E-state index contributed by atoms with van der Waals surface area (Å²) in [5.74, 6) is 0.654. The molecule has 1 heterocycles. The summed E-state index contributed by atoms with van der Waals surface area (Å²) in [5.41, 5.74) is 0.